The molecule has 1 heterocycles. The topological polar surface area (TPSA) is 29.1 Å². The fraction of sp³-hybridized carbons (Fsp3) is 0. The summed E-state index contributed by atoms with van der Waals surface area (Å²) in [7, 11) is 0. The lowest BCUT2D eigenvalue weighted by molar-refractivity contribution is 0.265. The Morgan fingerprint density at radius 2 is 1.89 bits per heavy atom. The molecule has 18 heavy (non-hydrogen) atoms. The van der Waals surface area contributed by atoms with Crippen molar-refractivity contribution in [3.63, 3.8) is 0 Å². The van der Waals surface area contributed by atoms with Gasteiger partial charge in [0, 0.05) is 0 Å². The minimum atomic E-state index is -0.105. The molecule has 2 nitrogen and oxygen atoms in total. The first-order valence-electron chi connectivity index (χ1n) is 5.47. The summed E-state index contributed by atoms with van der Waals surface area (Å²) in [6.45, 7) is 0. The number of hydrogen-bond acceptors (Lipinski definition) is 3. The molecule has 0 atom stereocenters. The quantitative estimate of drug-likeness (QED) is 0.628. The highest BCUT2D eigenvalue weighted by Crippen LogP contribution is 2.29. The Hall–Kier alpha value is -1.65. The molecule has 0 unspecified atom stereocenters. The lowest BCUT2D eigenvalue weighted by Crippen LogP contribution is -2.15. The molecule has 4 heteroatoms. The number of nitrogens with one attached hydrogen (secondary N) is 1. The van der Waals surface area contributed by atoms with Crippen LogP contribution in [0.2, 0.25) is 0 Å². The average Bonchev–Trinajstić information content (AvgIpc) is 2.68. The number of carbonyl (C=O) groups excluding carboxylic acids is 1. The molecule has 0 spiro atoms. The van der Waals surface area contributed by atoms with Crippen molar-refractivity contribution in [1.29, 1.82) is 0 Å². The van der Waals surface area contributed by atoms with Crippen LogP contribution in [0.5, 0.6) is 0 Å². The van der Waals surface area contributed by atoms with Gasteiger partial charge in [-0.3, -0.25) is 4.79 Å². The van der Waals surface area contributed by atoms with Gasteiger partial charge in [-0.25, -0.2) is 0 Å². The number of fused-ring (bicyclic) bond motifs is 1. The van der Waals surface area contributed by atoms with Crippen molar-refractivity contribution in [1.82, 2.24) is 5.32 Å². The van der Waals surface area contributed by atoms with Gasteiger partial charge < -0.3 is 5.32 Å². The lowest BCUT2D eigenvalue weighted by atomic mass is 10.0. The highest BCUT2D eigenvalue weighted by molar-refractivity contribution is 8.19. The van der Waals surface area contributed by atoms with Gasteiger partial charge in [-0.15, -0.1) is 0 Å². The number of hydrogen-bond donors (Lipinski definition) is 1. The molecule has 1 N–H and O–H groups in total. The summed E-state index contributed by atoms with van der Waals surface area (Å²) >= 11 is 6.27. The molecule has 3 rings (SSSR count). The fourth-order valence-electron chi connectivity index (χ4n) is 1.94. The lowest BCUT2D eigenvalue weighted by Gasteiger charge is -2.02. The molecule has 0 aromatic heterocycles. The Balaban J connectivity index is 2.13. The fourth-order valence-corrected chi connectivity index (χ4v) is 2.96. The highest BCUT2D eigenvalue weighted by Gasteiger charge is 2.21. The van der Waals surface area contributed by atoms with Crippen molar-refractivity contribution in [3.05, 3.63) is 52.9 Å². The number of rotatable bonds is 1. The van der Waals surface area contributed by atoms with Crippen LogP contribution in [0.25, 0.3) is 16.8 Å². The van der Waals surface area contributed by atoms with E-state index in [-0.39, 0.29) is 5.24 Å². The third-order valence-corrected chi connectivity index (χ3v) is 4.03. The number of thiocarbonyl (C=S) groups is 1. The van der Waals surface area contributed by atoms with E-state index in [1.54, 1.807) is 0 Å². The molecule has 1 aliphatic heterocycles. The molecule has 2 aromatic rings. The van der Waals surface area contributed by atoms with E-state index in [1.807, 2.05) is 30.3 Å². The molecule has 0 radical (unpaired) electrons. The molecule has 1 amide bonds. The summed E-state index contributed by atoms with van der Waals surface area (Å²) in [4.78, 5) is 12.6. The second kappa shape index (κ2) is 4.55. The zero-order valence-electron chi connectivity index (χ0n) is 9.34. The number of amides is 1. The highest BCUT2D eigenvalue weighted by atomic mass is 32.2. The van der Waals surface area contributed by atoms with E-state index in [2.05, 4.69) is 23.5 Å². The summed E-state index contributed by atoms with van der Waals surface area (Å²) in [5.41, 5.74) is 1.08. The molecule has 2 aromatic carbocycles. The van der Waals surface area contributed by atoms with Gasteiger partial charge in [-0.1, -0.05) is 54.7 Å². The zero-order chi connectivity index (χ0) is 12.5. The van der Waals surface area contributed by atoms with Crippen LogP contribution in [-0.2, 0) is 0 Å². The van der Waals surface area contributed by atoms with Gasteiger partial charge in [0.2, 0.25) is 0 Å². The SMILES string of the molecule is O=C1NC(=S)C(=Cc2cccc3ccccc23)S1. The Morgan fingerprint density at radius 3 is 2.67 bits per heavy atom. The van der Waals surface area contributed by atoms with Crippen molar-refractivity contribution in [2.24, 2.45) is 0 Å². The van der Waals surface area contributed by atoms with Crippen LogP contribution in [0.3, 0.4) is 0 Å². The van der Waals surface area contributed by atoms with Crippen LogP contribution in [0, 0.1) is 0 Å². The van der Waals surface area contributed by atoms with Crippen LogP contribution in [0.15, 0.2) is 47.4 Å². The third-order valence-electron chi connectivity index (χ3n) is 2.75. The molecule has 0 bridgehead atoms. The maximum absolute atomic E-state index is 11.2. The number of carbonyl (C=O) groups is 1. The Kier molecular flexibility index (Phi) is 2.89. The van der Waals surface area contributed by atoms with Gasteiger partial charge in [0.25, 0.3) is 5.24 Å². The van der Waals surface area contributed by atoms with Crippen LogP contribution >= 0.6 is 24.0 Å². The number of benzene rings is 2. The van der Waals surface area contributed by atoms with E-state index < -0.39 is 0 Å². The van der Waals surface area contributed by atoms with Crippen LogP contribution in [0.1, 0.15) is 5.56 Å². The van der Waals surface area contributed by atoms with Crippen molar-refractivity contribution >= 4 is 51.1 Å². The van der Waals surface area contributed by atoms with Crippen molar-refractivity contribution < 1.29 is 4.79 Å². The second-order valence-corrected chi connectivity index (χ2v) is 5.34. The first-order valence-corrected chi connectivity index (χ1v) is 6.69. The summed E-state index contributed by atoms with van der Waals surface area (Å²) in [5, 5.41) is 4.86. The van der Waals surface area contributed by atoms with Gasteiger partial charge in [-0.2, -0.15) is 0 Å². The minimum Gasteiger partial charge on any atom is -0.307 e. The predicted molar refractivity (Wildman–Crippen MR) is 80.6 cm³/mol. The van der Waals surface area contributed by atoms with Gasteiger partial charge in [0.05, 0.1) is 4.91 Å². The summed E-state index contributed by atoms with van der Waals surface area (Å²) in [6.07, 6.45) is 1.97. The Labute approximate surface area is 114 Å². The summed E-state index contributed by atoms with van der Waals surface area (Å²) < 4.78 is 0. The van der Waals surface area contributed by atoms with E-state index in [9.17, 15) is 4.79 Å². The van der Waals surface area contributed by atoms with E-state index in [4.69, 9.17) is 12.2 Å². The smallest absolute Gasteiger partial charge is 0.289 e. The van der Waals surface area contributed by atoms with E-state index in [0.717, 1.165) is 27.6 Å². The van der Waals surface area contributed by atoms with Crippen molar-refractivity contribution in [3.8, 4) is 0 Å². The zero-order valence-corrected chi connectivity index (χ0v) is 11.0. The van der Waals surface area contributed by atoms with Gasteiger partial charge in [-0.05, 0) is 34.2 Å². The molecular formula is C14H9NOS2. The largest absolute Gasteiger partial charge is 0.307 e. The van der Waals surface area contributed by atoms with Gasteiger partial charge in [0.15, 0.2) is 0 Å². The third kappa shape index (κ3) is 2.05. The molecule has 0 aliphatic carbocycles. The first-order chi connectivity index (χ1) is 8.74. The summed E-state index contributed by atoms with van der Waals surface area (Å²) in [5.74, 6) is 0. The molecule has 1 aliphatic rings. The predicted octanol–water partition coefficient (Wildman–Crippen LogP) is 3.96. The maximum Gasteiger partial charge on any atom is 0.289 e. The normalized spacial score (nSPS) is 17.4. The molecule has 88 valence electrons. The molecule has 1 saturated heterocycles. The van der Waals surface area contributed by atoms with Crippen LogP contribution < -0.4 is 5.32 Å². The van der Waals surface area contributed by atoms with Crippen LogP contribution in [0.4, 0.5) is 4.79 Å². The first kappa shape index (κ1) is 11.4. The van der Waals surface area contributed by atoms with Gasteiger partial charge in [0.1, 0.15) is 4.99 Å². The van der Waals surface area contributed by atoms with Crippen LogP contribution in [-0.4, -0.2) is 10.2 Å². The minimum absolute atomic E-state index is 0.105. The van der Waals surface area contributed by atoms with E-state index in [0.29, 0.717) is 4.99 Å². The molecular weight excluding hydrogens is 262 g/mol. The monoisotopic (exact) mass is 271 g/mol. The van der Waals surface area contributed by atoms with Crippen molar-refractivity contribution in [2.75, 3.05) is 0 Å². The van der Waals surface area contributed by atoms with E-state index in [1.165, 1.54) is 5.39 Å². The second-order valence-electron chi connectivity index (χ2n) is 3.92. The Morgan fingerprint density at radius 1 is 1.11 bits per heavy atom. The molecule has 1 fully saturated rings. The van der Waals surface area contributed by atoms with Gasteiger partial charge >= 0.3 is 0 Å². The standard InChI is InChI=1S/C14H9NOS2/c16-14-15-13(17)12(18-14)8-10-6-3-5-9-4-1-2-7-11(9)10/h1-8H,(H,15,16,17). The molecule has 0 saturated carbocycles. The Bertz CT molecular complexity index is 686. The van der Waals surface area contributed by atoms with Crippen molar-refractivity contribution in [2.45, 2.75) is 0 Å². The maximum atomic E-state index is 11.2. The number of thioether (sulfide) groups is 1. The summed E-state index contributed by atoms with van der Waals surface area (Å²) in [6, 6.07) is 14.3. The average molecular weight is 271 g/mol. The van der Waals surface area contributed by atoms with E-state index >= 15 is 0 Å².